The molecule has 2 N–H and O–H groups in total. The van der Waals surface area contributed by atoms with Crippen LogP contribution in [0.2, 0.25) is 0 Å². The van der Waals surface area contributed by atoms with E-state index < -0.39 is 0 Å². The third kappa shape index (κ3) is 3.84. The molecule has 0 spiro atoms. The molecule has 0 atom stereocenters. The molecule has 0 heterocycles. The minimum Gasteiger partial charge on any atom is -0.367 e. The lowest BCUT2D eigenvalue weighted by molar-refractivity contribution is 0.766. The third-order valence-electron chi connectivity index (χ3n) is 3.49. The summed E-state index contributed by atoms with van der Waals surface area (Å²) >= 11 is 0. The maximum Gasteiger partial charge on any atom is 0.0429 e. The normalized spacial score (nSPS) is 10.6. The van der Waals surface area contributed by atoms with Gasteiger partial charge in [-0.2, -0.15) is 0 Å². The summed E-state index contributed by atoms with van der Waals surface area (Å²) in [6.45, 7) is 6.99. The summed E-state index contributed by atoms with van der Waals surface area (Å²) in [7, 11) is 0. The van der Waals surface area contributed by atoms with E-state index in [1.54, 1.807) is 0 Å². The Bertz CT molecular complexity index is 531. The highest BCUT2D eigenvalue weighted by atomic mass is 15.1. The Labute approximate surface area is 122 Å². The predicted octanol–water partition coefficient (Wildman–Crippen LogP) is 3.87. The van der Waals surface area contributed by atoms with Crippen molar-refractivity contribution in [2.24, 2.45) is 5.73 Å². The minimum absolute atomic E-state index is 0.603. The van der Waals surface area contributed by atoms with Crippen LogP contribution in [0.5, 0.6) is 0 Å². The van der Waals surface area contributed by atoms with E-state index in [1.807, 2.05) is 0 Å². The molecule has 0 fully saturated rings. The van der Waals surface area contributed by atoms with Gasteiger partial charge in [0.1, 0.15) is 0 Å². The van der Waals surface area contributed by atoms with Gasteiger partial charge in [0.2, 0.25) is 0 Å². The van der Waals surface area contributed by atoms with Crippen molar-refractivity contribution in [3.8, 4) is 0 Å². The summed E-state index contributed by atoms with van der Waals surface area (Å²) in [6, 6.07) is 17.3. The van der Waals surface area contributed by atoms with Gasteiger partial charge in [-0.25, -0.2) is 0 Å². The molecule has 106 valence electrons. The van der Waals surface area contributed by atoms with Gasteiger partial charge in [0.15, 0.2) is 0 Å². The smallest absolute Gasteiger partial charge is 0.0429 e. The Morgan fingerprint density at radius 3 is 2.35 bits per heavy atom. The van der Waals surface area contributed by atoms with Crippen molar-refractivity contribution in [2.75, 3.05) is 11.4 Å². The summed E-state index contributed by atoms with van der Waals surface area (Å²) in [5, 5.41) is 0. The largest absolute Gasteiger partial charge is 0.367 e. The summed E-state index contributed by atoms with van der Waals surface area (Å²) < 4.78 is 0. The number of rotatable bonds is 6. The molecule has 20 heavy (non-hydrogen) atoms. The molecule has 2 aromatic carbocycles. The SMILES string of the molecule is CCCN(Cc1cccc(C)c1)c1ccc(CN)cc1. The van der Waals surface area contributed by atoms with Crippen molar-refractivity contribution >= 4 is 5.69 Å². The van der Waals surface area contributed by atoms with Gasteiger partial charge in [-0.05, 0) is 36.6 Å². The van der Waals surface area contributed by atoms with Gasteiger partial charge in [-0.15, -0.1) is 0 Å². The van der Waals surface area contributed by atoms with E-state index in [9.17, 15) is 0 Å². The van der Waals surface area contributed by atoms with Crippen LogP contribution >= 0.6 is 0 Å². The van der Waals surface area contributed by atoms with Gasteiger partial charge in [0.05, 0.1) is 0 Å². The lowest BCUT2D eigenvalue weighted by Gasteiger charge is -2.25. The van der Waals surface area contributed by atoms with E-state index in [1.165, 1.54) is 22.4 Å². The Morgan fingerprint density at radius 2 is 1.75 bits per heavy atom. The summed E-state index contributed by atoms with van der Waals surface area (Å²) in [6.07, 6.45) is 1.14. The zero-order chi connectivity index (χ0) is 14.4. The minimum atomic E-state index is 0.603. The molecule has 2 aromatic rings. The molecule has 2 nitrogen and oxygen atoms in total. The number of nitrogens with two attached hydrogens (primary N) is 1. The molecule has 2 heteroatoms. The fraction of sp³-hybridized carbons (Fsp3) is 0.333. The first-order valence-electron chi connectivity index (χ1n) is 7.32. The van der Waals surface area contributed by atoms with Crippen LogP contribution < -0.4 is 10.6 Å². The average molecular weight is 268 g/mol. The second kappa shape index (κ2) is 7.11. The van der Waals surface area contributed by atoms with Crippen LogP contribution in [0.1, 0.15) is 30.0 Å². The number of anilines is 1. The molecule has 0 aliphatic carbocycles. The number of hydrogen-bond acceptors (Lipinski definition) is 2. The molecule has 0 aliphatic heterocycles. The van der Waals surface area contributed by atoms with Crippen LogP contribution in [0.4, 0.5) is 5.69 Å². The zero-order valence-corrected chi connectivity index (χ0v) is 12.5. The molecule has 0 saturated heterocycles. The third-order valence-corrected chi connectivity index (χ3v) is 3.49. The van der Waals surface area contributed by atoms with Crippen LogP contribution in [0.3, 0.4) is 0 Å². The molecule has 0 bridgehead atoms. The Balaban J connectivity index is 2.17. The van der Waals surface area contributed by atoms with Crippen LogP contribution in [-0.2, 0) is 13.1 Å². The summed E-state index contributed by atoms with van der Waals surface area (Å²) in [5.41, 5.74) is 10.8. The van der Waals surface area contributed by atoms with Crippen LogP contribution in [0.15, 0.2) is 48.5 Å². The predicted molar refractivity (Wildman–Crippen MR) is 86.9 cm³/mol. The van der Waals surface area contributed by atoms with Gasteiger partial charge < -0.3 is 10.6 Å². The highest BCUT2D eigenvalue weighted by molar-refractivity contribution is 5.48. The fourth-order valence-electron chi connectivity index (χ4n) is 2.44. The van der Waals surface area contributed by atoms with E-state index >= 15 is 0 Å². The van der Waals surface area contributed by atoms with Crippen molar-refractivity contribution in [1.82, 2.24) is 0 Å². The van der Waals surface area contributed by atoms with Gasteiger partial charge >= 0.3 is 0 Å². The first-order chi connectivity index (χ1) is 9.72. The summed E-state index contributed by atoms with van der Waals surface area (Å²) in [4.78, 5) is 2.43. The molecule has 0 unspecified atom stereocenters. The van der Waals surface area contributed by atoms with E-state index in [0.717, 1.165) is 19.5 Å². The maximum absolute atomic E-state index is 5.66. The molecule has 0 saturated carbocycles. The highest BCUT2D eigenvalue weighted by Gasteiger charge is 2.06. The van der Waals surface area contributed by atoms with E-state index in [-0.39, 0.29) is 0 Å². The molecular formula is C18H24N2. The molecule has 0 amide bonds. The Morgan fingerprint density at radius 1 is 1.00 bits per heavy atom. The topological polar surface area (TPSA) is 29.3 Å². The second-order valence-corrected chi connectivity index (χ2v) is 5.28. The monoisotopic (exact) mass is 268 g/mol. The second-order valence-electron chi connectivity index (χ2n) is 5.28. The van der Waals surface area contributed by atoms with Crippen LogP contribution in [-0.4, -0.2) is 6.54 Å². The van der Waals surface area contributed by atoms with Crippen molar-refractivity contribution in [3.05, 3.63) is 65.2 Å². The number of benzene rings is 2. The molecule has 2 rings (SSSR count). The molecule has 0 radical (unpaired) electrons. The van der Waals surface area contributed by atoms with Crippen molar-refractivity contribution in [2.45, 2.75) is 33.4 Å². The molecule has 0 aliphatic rings. The van der Waals surface area contributed by atoms with Crippen molar-refractivity contribution < 1.29 is 0 Å². The first-order valence-corrected chi connectivity index (χ1v) is 7.32. The number of aryl methyl sites for hydroxylation is 1. The van der Waals surface area contributed by atoms with E-state index in [2.05, 4.69) is 67.3 Å². The average Bonchev–Trinajstić information content (AvgIpc) is 2.47. The van der Waals surface area contributed by atoms with E-state index in [0.29, 0.717) is 6.54 Å². The highest BCUT2D eigenvalue weighted by Crippen LogP contribution is 2.19. The fourth-order valence-corrected chi connectivity index (χ4v) is 2.44. The van der Waals surface area contributed by atoms with Gasteiger partial charge in [0, 0.05) is 25.3 Å². The Hall–Kier alpha value is -1.80. The lowest BCUT2D eigenvalue weighted by Crippen LogP contribution is -2.23. The lowest BCUT2D eigenvalue weighted by atomic mass is 10.1. The van der Waals surface area contributed by atoms with E-state index in [4.69, 9.17) is 5.73 Å². The number of hydrogen-bond donors (Lipinski definition) is 1. The molecular weight excluding hydrogens is 244 g/mol. The van der Waals surface area contributed by atoms with Gasteiger partial charge in [-0.1, -0.05) is 48.9 Å². The van der Waals surface area contributed by atoms with Crippen LogP contribution in [0, 0.1) is 6.92 Å². The first kappa shape index (κ1) is 14.6. The van der Waals surface area contributed by atoms with Gasteiger partial charge in [-0.3, -0.25) is 0 Å². The van der Waals surface area contributed by atoms with Crippen molar-refractivity contribution in [1.29, 1.82) is 0 Å². The van der Waals surface area contributed by atoms with Gasteiger partial charge in [0.25, 0.3) is 0 Å². The van der Waals surface area contributed by atoms with Crippen molar-refractivity contribution in [3.63, 3.8) is 0 Å². The standard InChI is InChI=1S/C18H24N2/c1-3-11-20(14-17-6-4-5-15(2)12-17)18-9-7-16(13-19)8-10-18/h4-10,12H,3,11,13-14,19H2,1-2H3. The molecule has 0 aromatic heterocycles. The van der Waals surface area contributed by atoms with Crippen LogP contribution in [0.25, 0.3) is 0 Å². The quantitative estimate of drug-likeness (QED) is 0.861. The Kier molecular flexibility index (Phi) is 5.19. The maximum atomic E-state index is 5.66. The number of nitrogens with zero attached hydrogens (tertiary/aromatic N) is 1. The zero-order valence-electron chi connectivity index (χ0n) is 12.5. The summed E-state index contributed by atoms with van der Waals surface area (Å²) in [5.74, 6) is 0.